The summed E-state index contributed by atoms with van der Waals surface area (Å²) in [6.45, 7) is 2.96. The van der Waals surface area contributed by atoms with Gasteiger partial charge in [-0.15, -0.1) is 5.11 Å². The zero-order valence-corrected chi connectivity index (χ0v) is 16.1. The molecule has 152 valence electrons. The van der Waals surface area contributed by atoms with Crippen molar-refractivity contribution in [1.29, 1.82) is 0 Å². The predicted octanol–water partition coefficient (Wildman–Crippen LogP) is 2.83. The zero-order valence-electron chi connectivity index (χ0n) is 15.3. The summed E-state index contributed by atoms with van der Waals surface area (Å²) in [6, 6.07) is 7.59. The second-order valence-corrected chi connectivity index (χ2v) is 7.39. The molecule has 0 heterocycles. The molecule has 2 aromatic carbocycles. The third kappa shape index (κ3) is 5.73. The van der Waals surface area contributed by atoms with Crippen molar-refractivity contribution < 1.29 is 27.5 Å². The lowest BCUT2D eigenvalue weighted by Crippen LogP contribution is -2.31. The minimum atomic E-state index is -4.67. The molecule has 0 aliphatic carbocycles. The molecule has 0 saturated heterocycles. The summed E-state index contributed by atoms with van der Waals surface area (Å²) in [7, 11) is -4.67. The van der Waals surface area contributed by atoms with Crippen LogP contribution < -0.4 is 5.32 Å². The maximum Gasteiger partial charge on any atom is 0.298 e. The topological polar surface area (TPSA) is 168 Å². The first kappa shape index (κ1) is 21.8. The number of carbonyl (C=O) groups excluding carboxylic acids is 2. The number of aryl methyl sites for hydroxylation is 1. The molecule has 0 fully saturated rings. The molecule has 1 unspecified atom stereocenters. The number of nitro groups is 1. The van der Waals surface area contributed by atoms with Gasteiger partial charge in [0, 0.05) is 11.8 Å². The van der Waals surface area contributed by atoms with E-state index in [0.29, 0.717) is 11.8 Å². The van der Waals surface area contributed by atoms with Crippen LogP contribution in [0.4, 0.5) is 17.1 Å². The van der Waals surface area contributed by atoms with Crippen LogP contribution in [-0.2, 0) is 19.7 Å². The van der Waals surface area contributed by atoms with E-state index in [1.165, 1.54) is 0 Å². The van der Waals surface area contributed by atoms with Crippen molar-refractivity contribution in [3.63, 3.8) is 0 Å². The first-order chi connectivity index (χ1) is 13.5. The van der Waals surface area contributed by atoms with Gasteiger partial charge in [-0.3, -0.25) is 24.3 Å². The molecule has 2 aromatic rings. The van der Waals surface area contributed by atoms with E-state index in [1.807, 2.05) is 6.92 Å². The van der Waals surface area contributed by atoms with E-state index in [9.17, 15) is 28.1 Å². The van der Waals surface area contributed by atoms with Crippen molar-refractivity contribution in [2.75, 3.05) is 5.32 Å². The Hall–Kier alpha value is -3.51. The monoisotopic (exact) mass is 420 g/mol. The Labute approximate surface area is 165 Å². The maximum atomic E-state index is 12.3. The smallest absolute Gasteiger partial charge is 0.298 e. The van der Waals surface area contributed by atoms with Crippen molar-refractivity contribution >= 4 is 38.9 Å². The van der Waals surface area contributed by atoms with E-state index in [1.54, 1.807) is 24.3 Å². The minimum absolute atomic E-state index is 0.392. The molecule has 0 aliphatic heterocycles. The van der Waals surface area contributed by atoms with Gasteiger partial charge in [0.15, 0.2) is 11.5 Å². The Morgan fingerprint density at radius 2 is 1.79 bits per heavy atom. The number of nitro benzene ring substituents is 1. The third-order valence-electron chi connectivity index (χ3n) is 3.67. The molecule has 29 heavy (non-hydrogen) atoms. The van der Waals surface area contributed by atoms with Gasteiger partial charge in [-0.2, -0.15) is 13.5 Å². The summed E-state index contributed by atoms with van der Waals surface area (Å²) in [5.74, 6) is -1.45. The number of carbonyl (C=O) groups is 2. The summed E-state index contributed by atoms with van der Waals surface area (Å²) in [4.78, 5) is 33.7. The van der Waals surface area contributed by atoms with E-state index >= 15 is 0 Å². The number of nitrogens with zero attached hydrogens (tertiary/aromatic N) is 3. The number of azo groups is 1. The van der Waals surface area contributed by atoms with Crippen molar-refractivity contribution in [2.45, 2.75) is 24.8 Å². The highest BCUT2D eigenvalue weighted by molar-refractivity contribution is 7.85. The normalized spacial score (nSPS) is 12.5. The number of amides is 1. The average molecular weight is 420 g/mol. The van der Waals surface area contributed by atoms with E-state index in [0.717, 1.165) is 24.6 Å². The van der Waals surface area contributed by atoms with Crippen LogP contribution in [0.1, 0.15) is 12.5 Å². The maximum absolute atomic E-state index is 12.3. The lowest BCUT2D eigenvalue weighted by Gasteiger charge is -2.09. The van der Waals surface area contributed by atoms with Crippen LogP contribution in [0, 0.1) is 17.0 Å². The molecule has 0 bridgehead atoms. The van der Waals surface area contributed by atoms with Gasteiger partial charge in [0.25, 0.3) is 21.7 Å². The number of Topliss-reactive ketones (excluding diaryl/α,β-unsaturated/α-hetero) is 1. The van der Waals surface area contributed by atoms with E-state index in [2.05, 4.69) is 15.5 Å². The number of ketones is 1. The summed E-state index contributed by atoms with van der Waals surface area (Å²) in [5.41, 5.74) is 0.221. The highest BCUT2D eigenvalue weighted by atomic mass is 32.2. The third-order valence-corrected chi connectivity index (χ3v) is 4.52. The summed E-state index contributed by atoms with van der Waals surface area (Å²) < 4.78 is 31.3. The number of anilines is 1. The van der Waals surface area contributed by atoms with Crippen LogP contribution in [0.5, 0.6) is 0 Å². The second-order valence-electron chi connectivity index (χ2n) is 5.97. The molecule has 1 atom stereocenters. The summed E-state index contributed by atoms with van der Waals surface area (Å²) >= 11 is 0. The van der Waals surface area contributed by atoms with Crippen LogP contribution >= 0.6 is 0 Å². The molecule has 2 N–H and O–H groups in total. The second kappa shape index (κ2) is 8.67. The fraction of sp³-hybridized carbons (Fsp3) is 0.176. The van der Waals surface area contributed by atoms with Gasteiger partial charge in [-0.1, -0.05) is 17.7 Å². The number of hydrogen-bond acceptors (Lipinski definition) is 8. The Morgan fingerprint density at radius 3 is 2.31 bits per heavy atom. The fourth-order valence-electron chi connectivity index (χ4n) is 2.18. The fourth-order valence-corrected chi connectivity index (χ4v) is 2.68. The predicted molar refractivity (Wildman–Crippen MR) is 102 cm³/mol. The van der Waals surface area contributed by atoms with E-state index < -0.39 is 49.0 Å². The Morgan fingerprint density at radius 1 is 1.17 bits per heavy atom. The van der Waals surface area contributed by atoms with Crippen molar-refractivity contribution in [3.05, 3.63) is 58.1 Å². The number of benzene rings is 2. The van der Waals surface area contributed by atoms with Crippen molar-refractivity contribution in [1.82, 2.24) is 0 Å². The first-order valence-electron chi connectivity index (χ1n) is 8.04. The number of nitrogens with one attached hydrogen (secondary N) is 1. The van der Waals surface area contributed by atoms with Crippen LogP contribution in [0.25, 0.3) is 0 Å². The quantitative estimate of drug-likeness (QED) is 0.228. The lowest BCUT2D eigenvalue weighted by molar-refractivity contribution is -0.384. The van der Waals surface area contributed by atoms with Gasteiger partial charge in [0.1, 0.15) is 4.90 Å². The molecular weight excluding hydrogens is 404 g/mol. The lowest BCUT2D eigenvalue weighted by atomic mass is 10.2. The van der Waals surface area contributed by atoms with E-state index in [-0.39, 0.29) is 0 Å². The van der Waals surface area contributed by atoms with Crippen LogP contribution in [0.15, 0.2) is 57.6 Å². The Balaban J connectivity index is 2.32. The Kier molecular flexibility index (Phi) is 6.51. The minimum Gasteiger partial charge on any atom is -0.324 e. The summed E-state index contributed by atoms with van der Waals surface area (Å²) in [5, 5.41) is 20.8. The van der Waals surface area contributed by atoms with Gasteiger partial charge in [0.05, 0.1) is 4.92 Å². The molecule has 2 rings (SSSR count). The molecule has 12 heteroatoms. The highest BCUT2D eigenvalue weighted by Gasteiger charge is 2.25. The van der Waals surface area contributed by atoms with Crippen LogP contribution in [0.3, 0.4) is 0 Å². The standard InChI is InChI=1S/C17H16N4O7S/c1-10-3-5-12(6-4-10)18-17(23)16(11(2)22)20-19-14-8-7-13(29(26,27)28)9-15(14)21(24)25/h3-9,16H,1-2H3,(H,18,23)(H,26,27,28). The van der Waals surface area contributed by atoms with Crippen molar-refractivity contribution in [3.8, 4) is 0 Å². The van der Waals surface area contributed by atoms with Crippen LogP contribution in [-0.4, -0.2) is 35.6 Å². The number of hydrogen-bond donors (Lipinski definition) is 2. The molecule has 1 amide bonds. The largest absolute Gasteiger partial charge is 0.324 e. The molecule has 0 aromatic heterocycles. The first-order valence-corrected chi connectivity index (χ1v) is 9.48. The van der Waals surface area contributed by atoms with E-state index in [4.69, 9.17) is 4.55 Å². The molecule has 0 spiro atoms. The summed E-state index contributed by atoms with van der Waals surface area (Å²) in [6.07, 6.45) is 0. The SMILES string of the molecule is CC(=O)C(N=Nc1ccc(S(=O)(=O)O)cc1[N+](=O)[O-])C(=O)Nc1ccc(C)cc1. The zero-order chi connectivity index (χ0) is 21.8. The average Bonchev–Trinajstić information content (AvgIpc) is 2.62. The highest BCUT2D eigenvalue weighted by Crippen LogP contribution is 2.30. The number of rotatable bonds is 7. The van der Waals surface area contributed by atoms with Crippen LogP contribution in [0.2, 0.25) is 0 Å². The molecular formula is C17H16N4O7S. The van der Waals surface area contributed by atoms with Gasteiger partial charge in [0.2, 0.25) is 6.04 Å². The molecule has 0 aliphatic rings. The Bertz CT molecular complexity index is 1100. The van der Waals surface area contributed by atoms with Crippen molar-refractivity contribution in [2.24, 2.45) is 10.2 Å². The molecule has 0 saturated carbocycles. The van der Waals surface area contributed by atoms with Gasteiger partial charge in [-0.05, 0) is 38.1 Å². The molecule has 0 radical (unpaired) electrons. The van der Waals surface area contributed by atoms with Gasteiger partial charge >= 0.3 is 0 Å². The van der Waals surface area contributed by atoms with Gasteiger partial charge in [-0.25, -0.2) is 0 Å². The van der Waals surface area contributed by atoms with Gasteiger partial charge < -0.3 is 5.32 Å². The molecule has 11 nitrogen and oxygen atoms in total.